The van der Waals surface area contributed by atoms with Crippen molar-refractivity contribution in [3.63, 3.8) is 0 Å². The van der Waals surface area contributed by atoms with Gasteiger partial charge in [-0.05, 0) is 35.4 Å². The number of phenolic OH excluding ortho intramolecular Hbond substituents is 1. The Morgan fingerprint density at radius 1 is 1.10 bits per heavy atom. The predicted octanol–water partition coefficient (Wildman–Crippen LogP) is 2.44. The van der Waals surface area contributed by atoms with Gasteiger partial charge in [-0.3, -0.25) is 4.72 Å². The molecule has 0 fully saturated rings. The van der Waals surface area contributed by atoms with E-state index < -0.39 is 10.0 Å². The lowest BCUT2D eigenvalue weighted by Gasteiger charge is -2.09. The number of ether oxygens (including phenoxy) is 1. The largest absolute Gasteiger partial charge is 0.504 e. The summed E-state index contributed by atoms with van der Waals surface area (Å²) in [6, 6.07) is 11.9. The molecule has 0 saturated carbocycles. The lowest BCUT2D eigenvalue weighted by molar-refractivity contribution is 0.373. The van der Waals surface area contributed by atoms with Crippen LogP contribution in [0, 0.1) is 0 Å². The first kappa shape index (κ1) is 14.2. The number of aromatic hydroxyl groups is 1. The zero-order valence-corrected chi connectivity index (χ0v) is 11.9. The van der Waals surface area contributed by atoms with Crippen molar-refractivity contribution in [3.8, 4) is 22.6 Å². The molecule has 0 bridgehead atoms. The molecule has 20 heavy (non-hydrogen) atoms. The van der Waals surface area contributed by atoms with Crippen LogP contribution in [0.15, 0.2) is 42.5 Å². The third-order valence-electron chi connectivity index (χ3n) is 2.68. The van der Waals surface area contributed by atoms with Crippen molar-refractivity contribution in [1.29, 1.82) is 0 Å². The van der Waals surface area contributed by atoms with E-state index in [1.807, 2.05) is 6.07 Å². The highest BCUT2D eigenvalue weighted by Gasteiger charge is 2.06. The van der Waals surface area contributed by atoms with Crippen LogP contribution in [0.25, 0.3) is 11.1 Å². The van der Waals surface area contributed by atoms with Gasteiger partial charge in [-0.1, -0.05) is 18.2 Å². The maximum atomic E-state index is 11.2. The van der Waals surface area contributed by atoms with Crippen LogP contribution in [0.4, 0.5) is 5.69 Å². The van der Waals surface area contributed by atoms with Gasteiger partial charge in [0.25, 0.3) is 0 Å². The second-order valence-electron chi connectivity index (χ2n) is 4.34. The summed E-state index contributed by atoms with van der Waals surface area (Å²) in [6.07, 6.45) is 1.10. The van der Waals surface area contributed by atoms with E-state index in [4.69, 9.17) is 4.74 Å². The third kappa shape index (κ3) is 3.42. The van der Waals surface area contributed by atoms with Crippen molar-refractivity contribution in [1.82, 2.24) is 0 Å². The predicted molar refractivity (Wildman–Crippen MR) is 78.6 cm³/mol. The van der Waals surface area contributed by atoms with E-state index in [1.165, 1.54) is 7.11 Å². The first-order valence-corrected chi connectivity index (χ1v) is 7.73. The fourth-order valence-electron chi connectivity index (χ4n) is 1.85. The Bertz CT molecular complexity index is 726. The van der Waals surface area contributed by atoms with Crippen LogP contribution < -0.4 is 9.46 Å². The van der Waals surface area contributed by atoms with Crippen LogP contribution in [-0.4, -0.2) is 26.9 Å². The van der Waals surface area contributed by atoms with E-state index >= 15 is 0 Å². The maximum Gasteiger partial charge on any atom is 0.229 e. The standard InChI is InChI=1S/C14H15NO4S/c1-19-14-7-6-11(9-13(14)16)10-4-3-5-12(8-10)15-20(2,17)18/h3-9,15-16H,1-2H3. The molecule has 0 amide bonds. The first-order chi connectivity index (χ1) is 9.39. The molecule has 0 radical (unpaired) electrons. The smallest absolute Gasteiger partial charge is 0.229 e. The van der Waals surface area contributed by atoms with Gasteiger partial charge in [0.2, 0.25) is 10.0 Å². The van der Waals surface area contributed by atoms with Crippen molar-refractivity contribution in [3.05, 3.63) is 42.5 Å². The van der Waals surface area contributed by atoms with Gasteiger partial charge in [0.15, 0.2) is 11.5 Å². The highest BCUT2D eigenvalue weighted by atomic mass is 32.2. The first-order valence-electron chi connectivity index (χ1n) is 5.84. The molecule has 0 saturated heterocycles. The molecule has 0 aliphatic heterocycles. The number of benzene rings is 2. The fraction of sp³-hybridized carbons (Fsp3) is 0.143. The molecule has 0 atom stereocenters. The Morgan fingerprint density at radius 2 is 1.80 bits per heavy atom. The number of anilines is 1. The molecule has 0 heterocycles. The molecule has 2 aromatic rings. The van der Waals surface area contributed by atoms with Gasteiger partial charge in [-0.2, -0.15) is 0 Å². The number of methoxy groups -OCH3 is 1. The molecular formula is C14H15NO4S. The summed E-state index contributed by atoms with van der Waals surface area (Å²) in [4.78, 5) is 0. The monoisotopic (exact) mass is 293 g/mol. The molecule has 2 N–H and O–H groups in total. The highest BCUT2D eigenvalue weighted by molar-refractivity contribution is 7.92. The summed E-state index contributed by atoms with van der Waals surface area (Å²) in [6.45, 7) is 0. The second-order valence-corrected chi connectivity index (χ2v) is 6.09. The van der Waals surface area contributed by atoms with Gasteiger partial charge in [-0.15, -0.1) is 0 Å². The van der Waals surface area contributed by atoms with Crippen molar-refractivity contribution >= 4 is 15.7 Å². The molecule has 0 spiro atoms. The molecule has 6 heteroatoms. The lowest BCUT2D eigenvalue weighted by atomic mass is 10.0. The summed E-state index contributed by atoms with van der Waals surface area (Å²) < 4.78 is 29.8. The average Bonchev–Trinajstić information content (AvgIpc) is 2.37. The number of hydrogen-bond acceptors (Lipinski definition) is 4. The van der Waals surface area contributed by atoms with E-state index in [0.717, 1.165) is 17.4 Å². The molecule has 0 aromatic heterocycles. The van der Waals surface area contributed by atoms with Crippen molar-refractivity contribution in [2.75, 3.05) is 18.1 Å². The number of phenols is 1. The van der Waals surface area contributed by atoms with Crippen molar-refractivity contribution in [2.24, 2.45) is 0 Å². The molecule has 2 rings (SSSR count). The van der Waals surface area contributed by atoms with Crippen molar-refractivity contribution in [2.45, 2.75) is 0 Å². The molecule has 2 aromatic carbocycles. The highest BCUT2D eigenvalue weighted by Crippen LogP contribution is 2.32. The van der Waals surface area contributed by atoms with Gasteiger partial charge in [-0.25, -0.2) is 8.42 Å². The summed E-state index contributed by atoms with van der Waals surface area (Å²) in [5.74, 6) is 0.422. The van der Waals surface area contributed by atoms with Gasteiger partial charge in [0.1, 0.15) is 0 Å². The van der Waals surface area contributed by atoms with Crippen molar-refractivity contribution < 1.29 is 18.3 Å². The van der Waals surface area contributed by atoms with E-state index in [0.29, 0.717) is 11.4 Å². The lowest BCUT2D eigenvalue weighted by Crippen LogP contribution is -2.09. The van der Waals surface area contributed by atoms with Crippen LogP contribution in [0.5, 0.6) is 11.5 Å². The minimum absolute atomic E-state index is 0.0338. The molecule has 5 nitrogen and oxygen atoms in total. The number of sulfonamides is 1. The zero-order valence-electron chi connectivity index (χ0n) is 11.1. The quantitative estimate of drug-likeness (QED) is 0.908. The van der Waals surface area contributed by atoms with E-state index in [-0.39, 0.29) is 5.75 Å². The van der Waals surface area contributed by atoms with Gasteiger partial charge < -0.3 is 9.84 Å². The van der Waals surface area contributed by atoms with Crippen LogP contribution in [0.1, 0.15) is 0 Å². The minimum atomic E-state index is -3.31. The van der Waals surface area contributed by atoms with Crippen LogP contribution in [-0.2, 0) is 10.0 Å². The topological polar surface area (TPSA) is 75.6 Å². The van der Waals surface area contributed by atoms with Crippen LogP contribution in [0.2, 0.25) is 0 Å². The summed E-state index contributed by atoms with van der Waals surface area (Å²) >= 11 is 0. The fourth-order valence-corrected chi connectivity index (χ4v) is 2.40. The Hall–Kier alpha value is -2.21. The molecule has 106 valence electrons. The number of nitrogens with one attached hydrogen (secondary N) is 1. The molecule has 0 unspecified atom stereocenters. The minimum Gasteiger partial charge on any atom is -0.504 e. The molecule has 0 aliphatic carbocycles. The number of rotatable bonds is 4. The van der Waals surface area contributed by atoms with Crippen LogP contribution >= 0.6 is 0 Å². The Morgan fingerprint density at radius 3 is 2.40 bits per heavy atom. The Balaban J connectivity index is 2.38. The summed E-state index contributed by atoms with van der Waals surface area (Å²) in [5.41, 5.74) is 2.03. The SMILES string of the molecule is COc1ccc(-c2cccc(NS(C)(=O)=O)c2)cc1O. The summed E-state index contributed by atoms with van der Waals surface area (Å²) in [5, 5.41) is 9.77. The van der Waals surface area contributed by atoms with Gasteiger partial charge in [0, 0.05) is 5.69 Å². The van der Waals surface area contributed by atoms with E-state index in [2.05, 4.69) is 4.72 Å². The van der Waals surface area contributed by atoms with Crippen LogP contribution in [0.3, 0.4) is 0 Å². The summed E-state index contributed by atoms with van der Waals surface area (Å²) in [7, 11) is -1.84. The number of hydrogen-bond donors (Lipinski definition) is 2. The molecular weight excluding hydrogens is 278 g/mol. The normalized spacial score (nSPS) is 11.1. The Labute approximate surface area is 117 Å². The second kappa shape index (κ2) is 5.42. The maximum absolute atomic E-state index is 11.2. The van der Waals surface area contributed by atoms with Gasteiger partial charge >= 0.3 is 0 Å². The third-order valence-corrected chi connectivity index (χ3v) is 3.28. The van der Waals surface area contributed by atoms with E-state index in [1.54, 1.807) is 36.4 Å². The molecule has 0 aliphatic rings. The average molecular weight is 293 g/mol. The zero-order chi connectivity index (χ0) is 14.8. The Kier molecular flexibility index (Phi) is 3.85. The van der Waals surface area contributed by atoms with Gasteiger partial charge in [0.05, 0.1) is 13.4 Å². The van der Waals surface area contributed by atoms with E-state index in [9.17, 15) is 13.5 Å².